The van der Waals surface area contributed by atoms with Crippen LogP contribution in [-0.4, -0.2) is 40.6 Å². The van der Waals surface area contributed by atoms with Crippen LogP contribution < -0.4 is 15.8 Å². The second-order valence-corrected chi connectivity index (χ2v) is 5.42. The van der Waals surface area contributed by atoms with Crippen LogP contribution in [0.25, 0.3) is 0 Å². The molecule has 1 aromatic rings. The second kappa shape index (κ2) is 6.28. The van der Waals surface area contributed by atoms with E-state index in [4.69, 9.17) is 10.5 Å². The Balaban J connectivity index is 2.08. The third-order valence-electron chi connectivity index (χ3n) is 3.72. The van der Waals surface area contributed by atoms with Crippen molar-refractivity contribution in [3.8, 4) is 5.88 Å². The van der Waals surface area contributed by atoms with Crippen LogP contribution in [0.15, 0.2) is 12.1 Å². The molecule has 0 amide bonds. The number of aromatic nitrogens is 1. The van der Waals surface area contributed by atoms with Gasteiger partial charge in [-0.3, -0.25) is 0 Å². The first-order valence-electron chi connectivity index (χ1n) is 7.01. The number of ether oxygens (including phenoxy) is 1. The van der Waals surface area contributed by atoms with Crippen molar-refractivity contribution in [2.24, 2.45) is 5.92 Å². The first-order chi connectivity index (χ1) is 9.62. The van der Waals surface area contributed by atoms with Crippen molar-refractivity contribution in [1.29, 1.82) is 0 Å². The number of pyridine rings is 1. The number of hydrogen-bond acceptors (Lipinski definition) is 6. The molecule has 1 aliphatic carbocycles. The van der Waals surface area contributed by atoms with Crippen molar-refractivity contribution in [3.05, 3.63) is 12.1 Å². The number of nitrogens with zero attached hydrogens (tertiary/aromatic N) is 1. The Kier molecular flexibility index (Phi) is 4.67. The van der Waals surface area contributed by atoms with Crippen LogP contribution in [0.1, 0.15) is 26.2 Å². The molecule has 6 nitrogen and oxygen atoms in total. The van der Waals surface area contributed by atoms with Crippen molar-refractivity contribution in [1.82, 2.24) is 4.98 Å². The summed E-state index contributed by atoms with van der Waals surface area (Å²) >= 11 is 0. The van der Waals surface area contributed by atoms with E-state index in [0.29, 0.717) is 36.3 Å². The zero-order valence-electron chi connectivity index (χ0n) is 11.8. The highest BCUT2D eigenvalue weighted by Crippen LogP contribution is 2.31. The zero-order chi connectivity index (χ0) is 14.6. The predicted octanol–water partition coefficient (Wildman–Crippen LogP) is 0.998. The summed E-state index contributed by atoms with van der Waals surface area (Å²) in [6.07, 6.45) is 2.97. The lowest BCUT2D eigenvalue weighted by Crippen LogP contribution is -2.45. The number of nitrogens with two attached hydrogens (primary N) is 1. The molecule has 0 aliphatic heterocycles. The normalized spacial score (nSPS) is 15.2. The summed E-state index contributed by atoms with van der Waals surface area (Å²) in [6, 6.07) is 3.43. The van der Waals surface area contributed by atoms with Crippen LogP contribution in [0.5, 0.6) is 5.88 Å². The maximum Gasteiger partial charge on any atom is 0.239 e. The maximum atomic E-state index is 9.44. The van der Waals surface area contributed by atoms with Gasteiger partial charge in [-0.1, -0.05) is 6.92 Å². The third-order valence-corrected chi connectivity index (χ3v) is 3.72. The van der Waals surface area contributed by atoms with Gasteiger partial charge in [0, 0.05) is 0 Å². The maximum absolute atomic E-state index is 9.44. The average Bonchev–Trinajstić information content (AvgIpc) is 3.29. The number of nitrogens with one attached hydrogen (secondary N) is 1. The van der Waals surface area contributed by atoms with E-state index < -0.39 is 5.54 Å². The topological polar surface area (TPSA) is 101 Å². The van der Waals surface area contributed by atoms with E-state index in [-0.39, 0.29) is 13.2 Å². The van der Waals surface area contributed by atoms with E-state index in [1.54, 1.807) is 12.1 Å². The lowest BCUT2D eigenvalue weighted by molar-refractivity contribution is 0.132. The zero-order valence-corrected chi connectivity index (χ0v) is 11.8. The molecule has 1 fully saturated rings. The van der Waals surface area contributed by atoms with Crippen LogP contribution >= 0.6 is 0 Å². The Bertz CT molecular complexity index is 437. The molecule has 0 radical (unpaired) electrons. The van der Waals surface area contributed by atoms with Gasteiger partial charge < -0.3 is 26.0 Å². The number of aliphatic hydroxyl groups excluding tert-OH is 2. The quantitative estimate of drug-likeness (QED) is 0.567. The summed E-state index contributed by atoms with van der Waals surface area (Å²) < 4.78 is 5.62. The van der Waals surface area contributed by atoms with Crippen molar-refractivity contribution in [2.75, 3.05) is 30.9 Å². The van der Waals surface area contributed by atoms with Gasteiger partial charge in [0.15, 0.2) is 0 Å². The average molecular weight is 281 g/mol. The van der Waals surface area contributed by atoms with Crippen molar-refractivity contribution in [3.63, 3.8) is 0 Å². The molecule has 1 heterocycles. The number of aliphatic hydroxyl groups is 2. The van der Waals surface area contributed by atoms with E-state index >= 15 is 0 Å². The fourth-order valence-corrected chi connectivity index (χ4v) is 1.83. The third kappa shape index (κ3) is 3.52. The summed E-state index contributed by atoms with van der Waals surface area (Å²) in [6.45, 7) is 2.18. The number of anilines is 2. The van der Waals surface area contributed by atoms with E-state index in [2.05, 4.69) is 10.3 Å². The van der Waals surface area contributed by atoms with Crippen molar-refractivity contribution < 1.29 is 14.9 Å². The van der Waals surface area contributed by atoms with Gasteiger partial charge in [-0.2, -0.15) is 4.98 Å². The molecule has 2 rings (SSSR count). The standard InChI is InChI=1S/C14H23N3O3/c1-2-14(8-18,9-19)17-12-6-5-11(15)13(16-12)20-7-10-3-4-10/h5-6,10,18-19H,2-4,7-9,15H2,1H3,(H,16,17). The number of rotatable bonds is 8. The highest BCUT2D eigenvalue weighted by molar-refractivity contribution is 5.54. The molecule has 1 aromatic heterocycles. The highest BCUT2D eigenvalue weighted by Gasteiger charge is 2.27. The molecule has 20 heavy (non-hydrogen) atoms. The molecule has 0 aromatic carbocycles. The molecule has 0 spiro atoms. The van der Waals surface area contributed by atoms with Crippen molar-refractivity contribution >= 4 is 11.5 Å². The largest absolute Gasteiger partial charge is 0.476 e. The van der Waals surface area contributed by atoms with Gasteiger partial charge >= 0.3 is 0 Å². The van der Waals surface area contributed by atoms with Crippen LogP contribution in [0.4, 0.5) is 11.5 Å². The monoisotopic (exact) mass is 281 g/mol. The minimum Gasteiger partial charge on any atom is -0.476 e. The van der Waals surface area contributed by atoms with Gasteiger partial charge in [0.05, 0.1) is 31.0 Å². The van der Waals surface area contributed by atoms with Crippen LogP contribution in [0.3, 0.4) is 0 Å². The predicted molar refractivity (Wildman–Crippen MR) is 77.7 cm³/mol. The minimum absolute atomic E-state index is 0.176. The van der Waals surface area contributed by atoms with Gasteiger partial charge in [0.25, 0.3) is 0 Å². The molecule has 0 unspecified atom stereocenters. The fourth-order valence-electron chi connectivity index (χ4n) is 1.83. The van der Waals surface area contributed by atoms with E-state index in [0.717, 1.165) is 0 Å². The van der Waals surface area contributed by atoms with Gasteiger partial charge in [-0.25, -0.2) is 0 Å². The van der Waals surface area contributed by atoms with Gasteiger partial charge in [-0.15, -0.1) is 0 Å². The van der Waals surface area contributed by atoms with Crippen LogP contribution in [-0.2, 0) is 0 Å². The van der Waals surface area contributed by atoms with E-state index in [9.17, 15) is 10.2 Å². The molecule has 0 atom stereocenters. The summed E-state index contributed by atoms with van der Waals surface area (Å²) in [5, 5.41) is 21.9. The van der Waals surface area contributed by atoms with E-state index in [1.165, 1.54) is 12.8 Å². The Labute approximate surface area is 119 Å². The summed E-state index contributed by atoms with van der Waals surface area (Å²) in [7, 11) is 0. The molecular formula is C14H23N3O3. The Morgan fingerprint density at radius 3 is 2.65 bits per heavy atom. The lowest BCUT2D eigenvalue weighted by Gasteiger charge is -2.30. The lowest BCUT2D eigenvalue weighted by atomic mass is 9.98. The van der Waals surface area contributed by atoms with Crippen LogP contribution in [0, 0.1) is 5.92 Å². The fraction of sp³-hybridized carbons (Fsp3) is 0.643. The SMILES string of the molecule is CCC(CO)(CO)Nc1ccc(N)c(OCC2CC2)n1. The molecule has 0 saturated heterocycles. The molecule has 1 saturated carbocycles. The van der Waals surface area contributed by atoms with Gasteiger partial charge in [-0.05, 0) is 37.3 Å². The molecule has 1 aliphatic rings. The van der Waals surface area contributed by atoms with Gasteiger partial charge in [0.2, 0.25) is 5.88 Å². The summed E-state index contributed by atoms with van der Waals surface area (Å²) in [5.41, 5.74) is 5.55. The van der Waals surface area contributed by atoms with E-state index in [1.807, 2.05) is 6.92 Å². The van der Waals surface area contributed by atoms with Crippen LogP contribution in [0.2, 0.25) is 0 Å². The van der Waals surface area contributed by atoms with Gasteiger partial charge in [0.1, 0.15) is 5.82 Å². The minimum atomic E-state index is -0.781. The first kappa shape index (κ1) is 14.9. The Hall–Kier alpha value is -1.53. The number of nitrogen functional groups attached to an aromatic ring is 1. The summed E-state index contributed by atoms with van der Waals surface area (Å²) in [4.78, 5) is 4.32. The highest BCUT2D eigenvalue weighted by atomic mass is 16.5. The molecule has 112 valence electrons. The summed E-state index contributed by atoms with van der Waals surface area (Å²) in [5.74, 6) is 1.56. The molecule has 6 heteroatoms. The first-order valence-corrected chi connectivity index (χ1v) is 7.01. The molecule has 5 N–H and O–H groups in total. The van der Waals surface area contributed by atoms with Crippen molar-refractivity contribution in [2.45, 2.75) is 31.7 Å². The Morgan fingerprint density at radius 2 is 2.10 bits per heavy atom. The molecular weight excluding hydrogens is 258 g/mol. The second-order valence-electron chi connectivity index (χ2n) is 5.42. The number of hydrogen-bond donors (Lipinski definition) is 4. The Morgan fingerprint density at radius 1 is 1.40 bits per heavy atom. The molecule has 0 bridgehead atoms. The smallest absolute Gasteiger partial charge is 0.239 e.